The van der Waals surface area contributed by atoms with Crippen LogP contribution in [0, 0.1) is 0 Å². The molecule has 0 atom stereocenters. The van der Waals surface area contributed by atoms with Gasteiger partial charge in [0.1, 0.15) is 6.54 Å². The summed E-state index contributed by atoms with van der Waals surface area (Å²) in [6.45, 7) is 3.66. The molecule has 0 aromatic carbocycles. The van der Waals surface area contributed by atoms with Crippen molar-refractivity contribution >= 4 is 19.6 Å². The highest BCUT2D eigenvalue weighted by atomic mass is 31.2. The summed E-state index contributed by atoms with van der Waals surface area (Å²) >= 11 is 0. The Bertz CT molecular complexity index is 350. The average molecular weight is 324 g/mol. The first-order valence-corrected chi connectivity index (χ1v) is 8.60. The van der Waals surface area contributed by atoms with Crippen LogP contribution >= 0.6 is 7.75 Å². The summed E-state index contributed by atoms with van der Waals surface area (Å²) in [5, 5.41) is 13.0. The first-order chi connectivity index (χ1) is 9.93. The third-order valence-electron chi connectivity index (χ3n) is 2.39. The lowest BCUT2D eigenvalue weighted by Gasteiger charge is -2.19. The van der Waals surface area contributed by atoms with Crippen LogP contribution in [0.3, 0.4) is 0 Å². The molecule has 0 aliphatic heterocycles. The first kappa shape index (κ1) is 20.1. The van der Waals surface area contributed by atoms with E-state index in [0.717, 1.165) is 25.7 Å². The lowest BCUT2D eigenvalue weighted by Crippen LogP contribution is -2.36. The predicted molar refractivity (Wildman–Crippen MR) is 78.0 cm³/mol. The van der Waals surface area contributed by atoms with Crippen LogP contribution in [0.2, 0.25) is 0 Å². The predicted octanol–water partition coefficient (Wildman–Crippen LogP) is 1.52. The van der Waals surface area contributed by atoms with Gasteiger partial charge in [-0.2, -0.15) is 0 Å². The minimum atomic E-state index is -3.54. The van der Waals surface area contributed by atoms with Gasteiger partial charge < -0.3 is 10.4 Å². The van der Waals surface area contributed by atoms with Crippen molar-refractivity contribution in [2.75, 3.05) is 26.3 Å². The van der Waals surface area contributed by atoms with Crippen molar-refractivity contribution in [2.24, 2.45) is 0 Å². The van der Waals surface area contributed by atoms with Crippen molar-refractivity contribution in [3.63, 3.8) is 0 Å². The van der Waals surface area contributed by atoms with E-state index < -0.39 is 26.2 Å². The van der Waals surface area contributed by atoms with E-state index in [1.807, 2.05) is 13.8 Å². The lowest BCUT2D eigenvalue weighted by atomic mass is 10.4. The Balaban J connectivity index is 4.27. The number of rotatable bonds is 13. The van der Waals surface area contributed by atoms with E-state index in [1.165, 1.54) is 0 Å². The van der Waals surface area contributed by atoms with E-state index in [2.05, 4.69) is 10.4 Å². The van der Waals surface area contributed by atoms with Gasteiger partial charge in [-0.1, -0.05) is 26.7 Å². The Hall–Kier alpha value is -0.950. The fraction of sp³-hybridized carbons (Fsp3) is 0.833. The topological polar surface area (TPSA) is 114 Å². The van der Waals surface area contributed by atoms with E-state index in [1.54, 1.807) is 0 Å². The molecule has 0 aromatic heterocycles. The van der Waals surface area contributed by atoms with Crippen molar-refractivity contribution in [2.45, 2.75) is 39.5 Å². The van der Waals surface area contributed by atoms with Crippen molar-refractivity contribution in [1.82, 2.24) is 10.4 Å². The summed E-state index contributed by atoms with van der Waals surface area (Å²) < 4.78 is 22.8. The van der Waals surface area contributed by atoms with Crippen LogP contribution in [-0.4, -0.2) is 43.3 Å². The molecule has 21 heavy (non-hydrogen) atoms. The van der Waals surface area contributed by atoms with Crippen LogP contribution < -0.4 is 10.4 Å². The van der Waals surface area contributed by atoms with Crippen molar-refractivity contribution in [3.8, 4) is 0 Å². The monoisotopic (exact) mass is 324 g/mol. The van der Waals surface area contributed by atoms with Crippen molar-refractivity contribution in [1.29, 1.82) is 0 Å². The Morgan fingerprint density at radius 1 is 1.05 bits per heavy atom. The second-order valence-electron chi connectivity index (χ2n) is 4.38. The van der Waals surface area contributed by atoms with E-state index >= 15 is 0 Å². The number of aliphatic carboxylic acids is 1. The third-order valence-corrected chi connectivity index (χ3v) is 3.98. The normalized spacial score (nSPS) is 11.3. The molecule has 0 heterocycles. The number of carbonyl (C=O) groups excluding carboxylic acids is 1. The fourth-order valence-electron chi connectivity index (χ4n) is 1.19. The summed E-state index contributed by atoms with van der Waals surface area (Å²) in [4.78, 5) is 21.7. The van der Waals surface area contributed by atoms with Crippen LogP contribution in [-0.2, 0) is 23.2 Å². The van der Waals surface area contributed by atoms with Crippen LogP contribution in [0.5, 0.6) is 0 Å². The number of hydrogen-bond acceptors (Lipinski definition) is 5. The number of nitrogens with one attached hydrogen (secondary N) is 2. The molecule has 8 nitrogen and oxygen atoms in total. The van der Waals surface area contributed by atoms with Crippen LogP contribution in [0.15, 0.2) is 0 Å². The van der Waals surface area contributed by atoms with Gasteiger partial charge in [0.05, 0.1) is 19.8 Å². The van der Waals surface area contributed by atoms with Gasteiger partial charge in [0.15, 0.2) is 0 Å². The molecular formula is C12H25N2O6P. The standard InChI is InChI=1S/C12H25N2O6P/c1-3-5-7-19-21(18,20-8-6-4-2)14-9-11(15)13-10-12(16)17/h3-10H2,1-2H3,(H,13,15)(H,14,18)(H,16,17). The van der Waals surface area contributed by atoms with E-state index in [-0.39, 0.29) is 19.8 Å². The van der Waals surface area contributed by atoms with Crippen LogP contribution in [0.25, 0.3) is 0 Å². The summed E-state index contributed by atoms with van der Waals surface area (Å²) in [5.41, 5.74) is 0. The largest absolute Gasteiger partial charge is 0.480 e. The maximum Gasteiger partial charge on any atom is 0.405 e. The van der Waals surface area contributed by atoms with Crippen molar-refractivity contribution in [3.05, 3.63) is 0 Å². The molecule has 124 valence electrons. The molecule has 9 heteroatoms. The van der Waals surface area contributed by atoms with Gasteiger partial charge in [0.2, 0.25) is 5.91 Å². The smallest absolute Gasteiger partial charge is 0.405 e. The zero-order valence-corrected chi connectivity index (χ0v) is 13.5. The highest BCUT2D eigenvalue weighted by Gasteiger charge is 2.25. The minimum absolute atomic E-state index is 0.268. The van der Waals surface area contributed by atoms with Gasteiger partial charge in [-0.25, -0.2) is 9.65 Å². The van der Waals surface area contributed by atoms with Gasteiger partial charge in [0.25, 0.3) is 0 Å². The molecule has 0 fully saturated rings. The Labute approximate surface area is 125 Å². The van der Waals surface area contributed by atoms with E-state index in [9.17, 15) is 14.2 Å². The highest BCUT2D eigenvalue weighted by Crippen LogP contribution is 2.43. The maximum absolute atomic E-state index is 12.4. The lowest BCUT2D eigenvalue weighted by molar-refractivity contribution is -0.137. The molecule has 1 amide bonds. The zero-order chi connectivity index (χ0) is 16.1. The highest BCUT2D eigenvalue weighted by molar-refractivity contribution is 7.51. The summed E-state index contributed by atoms with van der Waals surface area (Å²) in [6, 6.07) is 0. The number of carbonyl (C=O) groups is 2. The van der Waals surface area contributed by atoms with Gasteiger partial charge in [-0.15, -0.1) is 0 Å². The van der Waals surface area contributed by atoms with Gasteiger partial charge >= 0.3 is 13.7 Å². The zero-order valence-electron chi connectivity index (χ0n) is 12.6. The third kappa shape index (κ3) is 11.4. The molecule has 0 unspecified atom stereocenters. The molecule has 0 saturated carbocycles. The second kappa shape index (κ2) is 11.7. The van der Waals surface area contributed by atoms with Crippen LogP contribution in [0.1, 0.15) is 39.5 Å². The number of unbranched alkanes of at least 4 members (excludes halogenated alkanes) is 2. The Morgan fingerprint density at radius 2 is 1.57 bits per heavy atom. The fourth-order valence-corrected chi connectivity index (χ4v) is 2.53. The summed E-state index contributed by atoms with van der Waals surface area (Å²) in [6.07, 6.45) is 3.23. The molecule has 0 spiro atoms. The van der Waals surface area contributed by atoms with Gasteiger partial charge in [-0.05, 0) is 12.8 Å². The molecule has 0 bridgehead atoms. The van der Waals surface area contributed by atoms with E-state index in [4.69, 9.17) is 14.2 Å². The molecule has 0 saturated heterocycles. The number of carboxylic acids is 1. The first-order valence-electron chi connectivity index (χ1n) is 7.06. The van der Waals surface area contributed by atoms with Crippen molar-refractivity contribution < 1.29 is 28.3 Å². The molecular weight excluding hydrogens is 299 g/mol. The Kier molecular flexibility index (Phi) is 11.2. The Morgan fingerprint density at radius 3 is 2.00 bits per heavy atom. The van der Waals surface area contributed by atoms with Crippen LogP contribution in [0.4, 0.5) is 0 Å². The molecule has 0 aliphatic carbocycles. The number of hydrogen-bond donors (Lipinski definition) is 3. The molecule has 0 radical (unpaired) electrons. The van der Waals surface area contributed by atoms with Gasteiger partial charge in [0, 0.05) is 0 Å². The molecule has 0 rings (SSSR count). The number of carboxylic acid groups (broad SMARTS) is 1. The maximum atomic E-state index is 12.4. The quantitative estimate of drug-likeness (QED) is 0.347. The van der Waals surface area contributed by atoms with Gasteiger partial charge in [-0.3, -0.25) is 18.6 Å². The second-order valence-corrected chi connectivity index (χ2v) is 6.20. The summed E-state index contributed by atoms with van der Waals surface area (Å²) in [7, 11) is -3.54. The minimum Gasteiger partial charge on any atom is -0.480 e. The molecule has 3 N–H and O–H groups in total. The molecule has 0 aliphatic rings. The number of amides is 1. The van der Waals surface area contributed by atoms with E-state index in [0.29, 0.717) is 0 Å². The molecule has 0 aromatic rings. The summed E-state index contributed by atoms with van der Waals surface area (Å²) in [5.74, 6) is -1.74. The SMILES string of the molecule is CCCCOP(=O)(NCC(=O)NCC(=O)O)OCCCC. The average Bonchev–Trinajstić information content (AvgIpc) is 2.44.